The molecular formula is C15H13F3N4O4S. The van der Waals surface area contributed by atoms with Gasteiger partial charge in [-0.3, -0.25) is 15.1 Å². The second-order valence-corrected chi connectivity index (χ2v) is 7.16. The maximum atomic E-state index is 12.9. The molecule has 1 aromatic heterocycles. The van der Waals surface area contributed by atoms with E-state index in [9.17, 15) is 31.7 Å². The highest BCUT2D eigenvalue weighted by atomic mass is 32.2. The summed E-state index contributed by atoms with van der Waals surface area (Å²) in [5, 5.41) is 11.0. The third-order valence-corrected chi connectivity index (χ3v) is 4.51. The van der Waals surface area contributed by atoms with Crippen molar-refractivity contribution >= 4 is 22.0 Å². The van der Waals surface area contributed by atoms with Crippen LogP contribution < -0.4 is 0 Å². The Kier molecular flexibility index (Phi) is 5.49. The van der Waals surface area contributed by atoms with Crippen molar-refractivity contribution in [2.45, 2.75) is 11.1 Å². The highest BCUT2D eigenvalue weighted by Crippen LogP contribution is 2.35. The molecule has 1 heterocycles. The second kappa shape index (κ2) is 7.31. The number of benzene rings is 1. The van der Waals surface area contributed by atoms with Gasteiger partial charge in [0.2, 0.25) is 0 Å². The van der Waals surface area contributed by atoms with Gasteiger partial charge in [-0.25, -0.2) is 0 Å². The lowest BCUT2D eigenvalue weighted by molar-refractivity contribution is -0.385. The zero-order valence-electron chi connectivity index (χ0n) is 14.0. The number of halogens is 3. The lowest BCUT2D eigenvalue weighted by atomic mass is 10.1. The van der Waals surface area contributed by atoms with Crippen molar-refractivity contribution in [2.75, 3.05) is 14.1 Å². The number of hydrogen-bond acceptors (Lipinski definition) is 5. The maximum absolute atomic E-state index is 12.9. The van der Waals surface area contributed by atoms with E-state index in [2.05, 4.69) is 9.38 Å². The van der Waals surface area contributed by atoms with Crippen molar-refractivity contribution in [3.8, 4) is 11.1 Å². The first-order valence-electron chi connectivity index (χ1n) is 7.20. The standard InChI is InChI=1S/C15H13F3N4O4S/c1-21(2)9-20-27(25,26)14-6-12(22(23)24)3-4-13(14)10-5-11(8-19-7-10)15(16,17)18/h3-9H,1-2H3/b20-9+. The van der Waals surface area contributed by atoms with Crippen molar-refractivity contribution in [3.05, 3.63) is 52.3 Å². The summed E-state index contributed by atoms with van der Waals surface area (Å²) < 4.78 is 67.1. The van der Waals surface area contributed by atoms with Gasteiger partial charge in [0.25, 0.3) is 15.7 Å². The maximum Gasteiger partial charge on any atom is 0.417 e. The highest BCUT2D eigenvalue weighted by molar-refractivity contribution is 7.90. The van der Waals surface area contributed by atoms with Crippen molar-refractivity contribution in [2.24, 2.45) is 4.40 Å². The topological polar surface area (TPSA) is 106 Å². The quantitative estimate of drug-likeness (QED) is 0.329. The number of non-ortho nitro benzene ring substituents is 1. The van der Waals surface area contributed by atoms with E-state index in [0.29, 0.717) is 12.3 Å². The van der Waals surface area contributed by atoms with Gasteiger partial charge >= 0.3 is 6.18 Å². The van der Waals surface area contributed by atoms with E-state index >= 15 is 0 Å². The molecule has 0 radical (unpaired) electrons. The summed E-state index contributed by atoms with van der Waals surface area (Å²) in [6.45, 7) is 0. The molecular weight excluding hydrogens is 389 g/mol. The van der Waals surface area contributed by atoms with Crippen LogP contribution in [0.4, 0.5) is 18.9 Å². The Hall–Kier alpha value is -3.02. The van der Waals surface area contributed by atoms with Crippen molar-refractivity contribution in [1.29, 1.82) is 0 Å². The first-order valence-corrected chi connectivity index (χ1v) is 8.64. The van der Waals surface area contributed by atoms with Gasteiger partial charge in [-0.1, -0.05) is 0 Å². The first-order chi connectivity index (χ1) is 12.4. The number of nitrogens with zero attached hydrogens (tertiary/aromatic N) is 4. The number of aromatic nitrogens is 1. The molecule has 0 aliphatic rings. The Balaban J connectivity index is 2.73. The minimum absolute atomic E-state index is 0.168. The van der Waals surface area contributed by atoms with Gasteiger partial charge in [0.15, 0.2) is 0 Å². The number of rotatable bonds is 5. The minimum Gasteiger partial charge on any atom is -0.368 e. The molecule has 12 heteroatoms. The van der Waals surface area contributed by atoms with Crippen LogP contribution in [0.25, 0.3) is 11.1 Å². The van der Waals surface area contributed by atoms with Gasteiger partial charge in [-0.15, -0.1) is 4.40 Å². The van der Waals surface area contributed by atoms with Crippen LogP contribution in [0, 0.1) is 10.1 Å². The predicted molar refractivity (Wildman–Crippen MR) is 90.7 cm³/mol. The molecule has 0 N–H and O–H groups in total. The molecule has 2 aromatic rings. The summed E-state index contributed by atoms with van der Waals surface area (Å²) in [7, 11) is -1.42. The fraction of sp³-hybridized carbons (Fsp3) is 0.200. The third-order valence-electron chi connectivity index (χ3n) is 3.25. The monoisotopic (exact) mass is 402 g/mol. The van der Waals surface area contributed by atoms with Crippen LogP contribution in [-0.2, 0) is 16.2 Å². The molecule has 0 atom stereocenters. The molecule has 0 amide bonds. The number of pyridine rings is 1. The van der Waals surface area contributed by atoms with Crippen LogP contribution in [0.3, 0.4) is 0 Å². The highest BCUT2D eigenvalue weighted by Gasteiger charge is 2.32. The summed E-state index contributed by atoms with van der Waals surface area (Å²) in [4.78, 5) is 14.4. The summed E-state index contributed by atoms with van der Waals surface area (Å²) in [6.07, 6.45) is -2.10. The molecule has 27 heavy (non-hydrogen) atoms. The van der Waals surface area contributed by atoms with E-state index in [4.69, 9.17) is 0 Å². The van der Waals surface area contributed by atoms with Gasteiger partial charge in [-0.05, 0) is 12.1 Å². The fourth-order valence-corrected chi connectivity index (χ4v) is 3.19. The first kappa shape index (κ1) is 20.3. The Morgan fingerprint density at radius 3 is 2.44 bits per heavy atom. The van der Waals surface area contributed by atoms with E-state index < -0.39 is 37.3 Å². The van der Waals surface area contributed by atoms with Gasteiger partial charge in [-0.2, -0.15) is 21.6 Å². The van der Waals surface area contributed by atoms with Crippen LogP contribution in [0.15, 0.2) is 46.0 Å². The number of alkyl halides is 3. The molecule has 0 saturated heterocycles. The van der Waals surface area contributed by atoms with E-state index in [1.54, 1.807) is 0 Å². The average molecular weight is 402 g/mol. The van der Waals surface area contributed by atoms with Crippen LogP contribution in [0.1, 0.15) is 5.56 Å². The molecule has 0 spiro atoms. The molecule has 0 unspecified atom stereocenters. The summed E-state index contributed by atoms with van der Waals surface area (Å²) in [5.74, 6) is 0. The van der Waals surface area contributed by atoms with Gasteiger partial charge in [0.1, 0.15) is 11.2 Å². The molecule has 8 nitrogen and oxygen atoms in total. The second-order valence-electron chi connectivity index (χ2n) is 5.56. The molecule has 0 saturated carbocycles. The smallest absolute Gasteiger partial charge is 0.368 e. The molecule has 2 rings (SSSR count). The SMILES string of the molecule is CN(C)/C=N/S(=O)(=O)c1cc([N+](=O)[O-])ccc1-c1cncc(C(F)(F)F)c1. The predicted octanol–water partition coefficient (Wildman–Crippen LogP) is 2.95. The third kappa shape index (κ3) is 4.78. The number of nitro benzene ring substituents is 1. The Morgan fingerprint density at radius 2 is 1.89 bits per heavy atom. The number of nitro groups is 1. The lowest BCUT2D eigenvalue weighted by Crippen LogP contribution is -2.11. The molecule has 0 aliphatic carbocycles. The van der Waals surface area contributed by atoms with Crippen LogP contribution in [0.5, 0.6) is 0 Å². The molecule has 0 fully saturated rings. The largest absolute Gasteiger partial charge is 0.417 e. The normalized spacial score (nSPS) is 12.3. The summed E-state index contributed by atoms with van der Waals surface area (Å²) in [5.41, 5.74) is -1.98. The Bertz CT molecular complexity index is 1000. The average Bonchev–Trinajstić information content (AvgIpc) is 2.59. The molecule has 144 valence electrons. The molecule has 0 bridgehead atoms. The fourth-order valence-electron chi connectivity index (χ4n) is 2.03. The van der Waals surface area contributed by atoms with Gasteiger partial charge < -0.3 is 4.90 Å². The van der Waals surface area contributed by atoms with Crippen molar-refractivity contribution < 1.29 is 26.5 Å². The lowest BCUT2D eigenvalue weighted by Gasteiger charge is -2.11. The van der Waals surface area contributed by atoms with E-state index in [0.717, 1.165) is 30.7 Å². The summed E-state index contributed by atoms with van der Waals surface area (Å²) in [6, 6.07) is 3.50. The minimum atomic E-state index is -4.69. The van der Waals surface area contributed by atoms with Crippen LogP contribution in [0.2, 0.25) is 0 Å². The molecule has 1 aromatic carbocycles. The zero-order valence-corrected chi connectivity index (χ0v) is 14.8. The zero-order chi connectivity index (χ0) is 20.4. The van der Waals surface area contributed by atoms with Gasteiger partial charge in [0, 0.05) is 49.7 Å². The van der Waals surface area contributed by atoms with E-state index in [1.807, 2.05) is 0 Å². The van der Waals surface area contributed by atoms with Crippen molar-refractivity contribution in [3.63, 3.8) is 0 Å². The van der Waals surface area contributed by atoms with E-state index in [-0.39, 0.29) is 11.1 Å². The molecule has 0 aliphatic heterocycles. The van der Waals surface area contributed by atoms with E-state index in [1.165, 1.54) is 19.0 Å². The summed E-state index contributed by atoms with van der Waals surface area (Å²) >= 11 is 0. The van der Waals surface area contributed by atoms with Gasteiger partial charge in [0.05, 0.1) is 10.5 Å². The van der Waals surface area contributed by atoms with Crippen molar-refractivity contribution in [1.82, 2.24) is 9.88 Å². The number of hydrogen-bond donors (Lipinski definition) is 0. The Morgan fingerprint density at radius 1 is 1.22 bits per heavy atom. The van der Waals surface area contributed by atoms with Crippen LogP contribution in [-0.4, -0.2) is 43.7 Å². The van der Waals surface area contributed by atoms with Crippen LogP contribution >= 0.6 is 0 Å². The number of sulfonamides is 1. The Labute approximate surface area is 152 Å².